The summed E-state index contributed by atoms with van der Waals surface area (Å²) in [5, 5.41) is 11.5. The van der Waals surface area contributed by atoms with Crippen LogP contribution in [0.25, 0.3) is 0 Å². The molecular weight excluding hydrogens is 278 g/mol. The van der Waals surface area contributed by atoms with Crippen molar-refractivity contribution >= 4 is 11.6 Å². The van der Waals surface area contributed by atoms with E-state index in [-0.39, 0.29) is 5.91 Å². The van der Waals surface area contributed by atoms with Crippen LogP contribution in [0.2, 0.25) is 0 Å². The summed E-state index contributed by atoms with van der Waals surface area (Å²) in [6.45, 7) is 9.36. The van der Waals surface area contributed by atoms with Gasteiger partial charge in [0.25, 0.3) is 0 Å². The average molecular weight is 303 g/mol. The predicted molar refractivity (Wildman–Crippen MR) is 86.7 cm³/mol. The van der Waals surface area contributed by atoms with E-state index in [1.165, 1.54) is 11.3 Å². The Morgan fingerprint density at radius 3 is 2.68 bits per heavy atom. The summed E-state index contributed by atoms with van der Waals surface area (Å²) in [6.07, 6.45) is 4.59. The van der Waals surface area contributed by atoms with Crippen molar-refractivity contribution in [3.63, 3.8) is 0 Å². The largest absolute Gasteiger partial charge is 0.323 e. The van der Waals surface area contributed by atoms with Gasteiger partial charge in [-0.25, -0.2) is 0 Å². The lowest BCUT2D eigenvalue weighted by molar-refractivity contribution is -0.116. The molecule has 1 N–H and O–H groups in total. The number of rotatable bonds is 6. The maximum atomic E-state index is 12.0. The number of amides is 1. The number of anilines is 1. The first-order valence-corrected chi connectivity index (χ1v) is 7.68. The summed E-state index contributed by atoms with van der Waals surface area (Å²) in [7, 11) is 1.82. The van der Waals surface area contributed by atoms with Gasteiger partial charge < -0.3 is 5.32 Å². The highest BCUT2D eigenvalue weighted by Gasteiger charge is 2.14. The van der Waals surface area contributed by atoms with Gasteiger partial charge in [-0.1, -0.05) is 13.8 Å². The Bertz CT molecular complexity index is 654. The smallest absolute Gasteiger partial charge is 0.224 e. The van der Waals surface area contributed by atoms with E-state index in [2.05, 4.69) is 36.3 Å². The Kier molecular flexibility index (Phi) is 5.00. The van der Waals surface area contributed by atoms with E-state index in [1.54, 1.807) is 17.1 Å². The zero-order valence-electron chi connectivity index (χ0n) is 14.1. The van der Waals surface area contributed by atoms with Gasteiger partial charge in [0.2, 0.25) is 5.91 Å². The van der Waals surface area contributed by atoms with Crippen LogP contribution in [-0.2, 0) is 24.8 Å². The van der Waals surface area contributed by atoms with E-state index >= 15 is 0 Å². The molecule has 0 bridgehead atoms. The third-order valence-corrected chi connectivity index (χ3v) is 3.66. The van der Waals surface area contributed by atoms with Gasteiger partial charge >= 0.3 is 0 Å². The summed E-state index contributed by atoms with van der Waals surface area (Å²) in [5.41, 5.74) is 4.10. The van der Waals surface area contributed by atoms with Crippen LogP contribution in [0, 0.1) is 19.8 Å². The number of aryl methyl sites for hydroxylation is 2. The molecule has 2 rings (SSSR count). The fourth-order valence-electron chi connectivity index (χ4n) is 2.57. The molecule has 2 aromatic rings. The number of hydrogen-bond donors (Lipinski definition) is 1. The Labute approximate surface area is 131 Å². The standard InChI is InChI=1S/C16H25N5O/c1-11(2)9-21-13(4)15(12(3)19-21)6-7-16(22)18-14-8-17-20(5)10-14/h8,10-11H,6-7,9H2,1-5H3,(H,18,22). The molecule has 22 heavy (non-hydrogen) atoms. The van der Waals surface area contributed by atoms with Crippen LogP contribution in [-0.4, -0.2) is 25.5 Å². The molecule has 120 valence electrons. The molecule has 0 unspecified atom stereocenters. The first-order chi connectivity index (χ1) is 10.4. The van der Waals surface area contributed by atoms with Crippen molar-refractivity contribution in [2.75, 3.05) is 5.32 Å². The molecule has 0 saturated heterocycles. The van der Waals surface area contributed by atoms with Gasteiger partial charge in [-0.05, 0) is 31.7 Å². The third kappa shape index (κ3) is 3.96. The van der Waals surface area contributed by atoms with Gasteiger partial charge in [-0.2, -0.15) is 10.2 Å². The molecular formula is C16H25N5O. The quantitative estimate of drug-likeness (QED) is 0.891. The Balaban J connectivity index is 1.96. The predicted octanol–water partition coefficient (Wildman–Crippen LogP) is 2.46. The van der Waals surface area contributed by atoms with Crippen LogP contribution in [0.15, 0.2) is 12.4 Å². The minimum absolute atomic E-state index is 0.00316. The van der Waals surface area contributed by atoms with Crippen molar-refractivity contribution in [1.82, 2.24) is 19.6 Å². The summed E-state index contributed by atoms with van der Waals surface area (Å²) in [4.78, 5) is 12.0. The Hall–Kier alpha value is -2.11. The fourth-order valence-corrected chi connectivity index (χ4v) is 2.57. The number of nitrogens with one attached hydrogen (secondary N) is 1. The molecule has 0 radical (unpaired) electrons. The highest BCUT2D eigenvalue weighted by atomic mass is 16.1. The molecule has 0 aliphatic heterocycles. The van der Waals surface area contributed by atoms with E-state index in [4.69, 9.17) is 0 Å². The molecule has 0 fully saturated rings. The van der Waals surface area contributed by atoms with E-state index < -0.39 is 0 Å². The molecule has 1 amide bonds. The summed E-state index contributed by atoms with van der Waals surface area (Å²) >= 11 is 0. The maximum Gasteiger partial charge on any atom is 0.224 e. The number of hydrogen-bond acceptors (Lipinski definition) is 3. The SMILES string of the molecule is Cc1nn(CC(C)C)c(C)c1CCC(=O)Nc1cnn(C)c1. The highest BCUT2D eigenvalue weighted by molar-refractivity contribution is 5.90. The summed E-state index contributed by atoms with van der Waals surface area (Å²) in [5.74, 6) is 0.558. The molecule has 0 atom stereocenters. The van der Waals surface area contributed by atoms with Crippen molar-refractivity contribution in [2.45, 2.75) is 47.1 Å². The minimum Gasteiger partial charge on any atom is -0.323 e. The van der Waals surface area contributed by atoms with Crippen LogP contribution < -0.4 is 5.32 Å². The molecule has 0 aliphatic carbocycles. The van der Waals surface area contributed by atoms with Gasteiger partial charge in [0.05, 0.1) is 17.6 Å². The number of carbonyl (C=O) groups excluding carboxylic acids is 1. The normalized spacial score (nSPS) is 11.2. The number of aromatic nitrogens is 4. The summed E-state index contributed by atoms with van der Waals surface area (Å²) < 4.78 is 3.72. The number of carbonyl (C=O) groups is 1. The zero-order chi connectivity index (χ0) is 16.3. The Morgan fingerprint density at radius 2 is 2.09 bits per heavy atom. The van der Waals surface area contributed by atoms with Crippen molar-refractivity contribution in [2.24, 2.45) is 13.0 Å². The fraction of sp³-hybridized carbons (Fsp3) is 0.562. The molecule has 6 nitrogen and oxygen atoms in total. The van der Waals surface area contributed by atoms with Crippen LogP contribution >= 0.6 is 0 Å². The van der Waals surface area contributed by atoms with Crippen molar-refractivity contribution < 1.29 is 4.79 Å². The molecule has 0 aliphatic rings. The topological polar surface area (TPSA) is 64.7 Å². The molecule has 0 spiro atoms. The van der Waals surface area contributed by atoms with Gasteiger partial charge in [-0.3, -0.25) is 14.2 Å². The molecule has 2 heterocycles. The summed E-state index contributed by atoms with van der Waals surface area (Å²) in [6, 6.07) is 0. The van der Waals surface area contributed by atoms with Crippen LogP contribution in [0.4, 0.5) is 5.69 Å². The van der Waals surface area contributed by atoms with Crippen LogP contribution in [0.3, 0.4) is 0 Å². The maximum absolute atomic E-state index is 12.0. The Morgan fingerprint density at radius 1 is 1.36 bits per heavy atom. The van der Waals surface area contributed by atoms with Crippen LogP contribution in [0.5, 0.6) is 0 Å². The second-order valence-electron chi connectivity index (χ2n) is 6.18. The van der Waals surface area contributed by atoms with Gasteiger partial charge in [0, 0.05) is 31.9 Å². The van der Waals surface area contributed by atoms with Gasteiger partial charge in [0.15, 0.2) is 0 Å². The van der Waals surface area contributed by atoms with E-state index in [1.807, 2.05) is 18.7 Å². The first-order valence-electron chi connectivity index (χ1n) is 7.68. The van der Waals surface area contributed by atoms with Crippen molar-refractivity contribution in [3.8, 4) is 0 Å². The second kappa shape index (κ2) is 6.77. The average Bonchev–Trinajstić information content (AvgIpc) is 2.92. The first kappa shape index (κ1) is 16.3. The lowest BCUT2D eigenvalue weighted by Crippen LogP contribution is -2.12. The van der Waals surface area contributed by atoms with Crippen LogP contribution in [0.1, 0.15) is 37.2 Å². The lowest BCUT2D eigenvalue weighted by atomic mass is 10.1. The minimum atomic E-state index is 0.00316. The lowest BCUT2D eigenvalue weighted by Gasteiger charge is -2.08. The molecule has 2 aromatic heterocycles. The van der Waals surface area contributed by atoms with E-state index in [9.17, 15) is 4.79 Å². The zero-order valence-corrected chi connectivity index (χ0v) is 14.1. The third-order valence-electron chi connectivity index (χ3n) is 3.66. The van der Waals surface area contributed by atoms with Crippen molar-refractivity contribution in [3.05, 3.63) is 29.3 Å². The van der Waals surface area contributed by atoms with Gasteiger partial charge in [-0.15, -0.1) is 0 Å². The van der Waals surface area contributed by atoms with E-state index in [0.29, 0.717) is 18.8 Å². The second-order valence-corrected chi connectivity index (χ2v) is 6.18. The highest BCUT2D eigenvalue weighted by Crippen LogP contribution is 2.17. The molecule has 0 saturated carbocycles. The number of nitrogens with zero attached hydrogens (tertiary/aromatic N) is 4. The molecule has 6 heteroatoms. The monoisotopic (exact) mass is 303 g/mol. The van der Waals surface area contributed by atoms with E-state index in [0.717, 1.165) is 17.9 Å². The molecule has 0 aromatic carbocycles. The van der Waals surface area contributed by atoms with Crippen molar-refractivity contribution in [1.29, 1.82) is 0 Å². The van der Waals surface area contributed by atoms with Gasteiger partial charge in [0.1, 0.15) is 0 Å².